The molecule has 24 heavy (non-hydrogen) atoms. The molecule has 1 aromatic rings. The first kappa shape index (κ1) is 18.7. The molecule has 0 spiro atoms. The van der Waals surface area contributed by atoms with Crippen LogP contribution in [0.1, 0.15) is 38.7 Å². The molecule has 1 saturated heterocycles. The molecule has 1 aromatic carbocycles. The van der Waals surface area contributed by atoms with Gasteiger partial charge in [0.15, 0.2) is 0 Å². The van der Waals surface area contributed by atoms with E-state index >= 15 is 0 Å². The first-order chi connectivity index (χ1) is 11.6. The van der Waals surface area contributed by atoms with E-state index in [9.17, 15) is 9.90 Å². The van der Waals surface area contributed by atoms with Crippen LogP contribution in [0, 0.1) is 5.92 Å². The molecular formula is C19H30N2O3. The zero-order valence-electron chi connectivity index (χ0n) is 14.8. The minimum atomic E-state index is -0.240. The number of aliphatic hydroxyl groups excluding tert-OH is 1. The highest BCUT2D eigenvalue weighted by molar-refractivity contribution is 5.67. The van der Waals surface area contributed by atoms with Gasteiger partial charge in [0.1, 0.15) is 6.61 Å². The van der Waals surface area contributed by atoms with Crippen LogP contribution in [0.3, 0.4) is 0 Å². The number of nitrogens with one attached hydrogen (secondary N) is 1. The van der Waals surface area contributed by atoms with Gasteiger partial charge in [-0.2, -0.15) is 0 Å². The van der Waals surface area contributed by atoms with E-state index in [-0.39, 0.29) is 18.7 Å². The van der Waals surface area contributed by atoms with Gasteiger partial charge >= 0.3 is 6.09 Å². The molecule has 2 atom stereocenters. The number of ether oxygens (including phenoxy) is 1. The zero-order chi connectivity index (χ0) is 17.4. The van der Waals surface area contributed by atoms with Gasteiger partial charge in [-0.25, -0.2) is 4.79 Å². The first-order valence-corrected chi connectivity index (χ1v) is 8.92. The number of hydrogen-bond acceptors (Lipinski definition) is 4. The Hall–Kier alpha value is -1.59. The maximum absolute atomic E-state index is 12.4. The van der Waals surface area contributed by atoms with E-state index < -0.39 is 0 Å². The number of amides is 1. The van der Waals surface area contributed by atoms with Crippen molar-refractivity contribution < 1.29 is 14.6 Å². The average molecular weight is 334 g/mol. The first-order valence-electron chi connectivity index (χ1n) is 8.92. The Kier molecular flexibility index (Phi) is 7.53. The molecule has 2 unspecified atom stereocenters. The topological polar surface area (TPSA) is 61.8 Å². The second-order valence-corrected chi connectivity index (χ2v) is 6.83. The van der Waals surface area contributed by atoms with Crippen LogP contribution in [0.5, 0.6) is 0 Å². The smallest absolute Gasteiger partial charge is 0.410 e. The molecule has 5 heteroatoms. The number of carbonyl (C=O) groups is 1. The van der Waals surface area contributed by atoms with Crippen molar-refractivity contribution in [1.82, 2.24) is 10.2 Å². The third-order valence-corrected chi connectivity index (χ3v) is 4.48. The SMILES string of the molecule is CC(C)NC(CCO)C1CCCN(C(=O)OCc2ccccc2)C1. The molecular weight excluding hydrogens is 304 g/mol. The predicted molar refractivity (Wildman–Crippen MR) is 94.7 cm³/mol. The molecule has 0 radical (unpaired) electrons. The lowest BCUT2D eigenvalue weighted by Gasteiger charge is -2.37. The molecule has 0 saturated carbocycles. The summed E-state index contributed by atoms with van der Waals surface area (Å²) in [6, 6.07) is 10.3. The number of carbonyl (C=O) groups excluding carboxylic acids is 1. The second-order valence-electron chi connectivity index (χ2n) is 6.83. The van der Waals surface area contributed by atoms with Crippen molar-refractivity contribution in [3.63, 3.8) is 0 Å². The molecule has 2 rings (SSSR count). The second kappa shape index (κ2) is 9.64. The zero-order valence-corrected chi connectivity index (χ0v) is 14.8. The number of aliphatic hydroxyl groups is 1. The Bertz CT molecular complexity index is 493. The Labute approximate surface area is 145 Å². The molecule has 134 valence electrons. The Balaban J connectivity index is 1.87. The summed E-state index contributed by atoms with van der Waals surface area (Å²) in [4.78, 5) is 14.2. The largest absolute Gasteiger partial charge is 0.445 e. The van der Waals surface area contributed by atoms with Gasteiger partial charge < -0.3 is 20.1 Å². The number of likely N-dealkylation sites (tertiary alicyclic amines) is 1. The molecule has 1 aliphatic heterocycles. The fourth-order valence-electron chi connectivity index (χ4n) is 3.34. The third-order valence-electron chi connectivity index (χ3n) is 4.48. The van der Waals surface area contributed by atoms with Crippen LogP contribution in [-0.4, -0.2) is 47.9 Å². The van der Waals surface area contributed by atoms with E-state index in [1.54, 1.807) is 0 Å². The van der Waals surface area contributed by atoms with Crippen LogP contribution in [0.15, 0.2) is 30.3 Å². The maximum atomic E-state index is 12.4. The van der Waals surface area contributed by atoms with Crippen molar-refractivity contribution in [2.75, 3.05) is 19.7 Å². The van der Waals surface area contributed by atoms with Gasteiger partial charge in [0.05, 0.1) is 0 Å². The van der Waals surface area contributed by atoms with Crippen molar-refractivity contribution in [2.45, 2.75) is 51.8 Å². The fourth-order valence-corrected chi connectivity index (χ4v) is 3.34. The summed E-state index contributed by atoms with van der Waals surface area (Å²) in [5.74, 6) is 0.359. The molecule has 2 N–H and O–H groups in total. The van der Waals surface area contributed by atoms with Gasteiger partial charge in [0.2, 0.25) is 0 Å². The summed E-state index contributed by atoms with van der Waals surface area (Å²) in [5.41, 5.74) is 0.999. The Morgan fingerprint density at radius 2 is 2.12 bits per heavy atom. The summed E-state index contributed by atoms with van der Waals surface area (Å²) < 4.78 is 5.45. The highest BCUT2D eigenvalue weighted by atomic mass is 16.6. The normalized spacial score (nSPS) is 19.3. The van der Waals surface area contributed by atoms with Gasteiger partial charge in [-0.1, -0.05) is 44.2 Å². The highest BCUT2D eigenvalue weighted by Gasteiger charge is 2.30. The van der Waals surface area contributed by atoms with Crippen LogP contribution in [0.4, 0.5) is 4.79 Å². The Morgan fingerprint density at radius 3 is 2.79 bits per heavy atom. The quantitative estimate of drug-likeness (QED) is 0.805. The van der Waals surface area contributed by atoms with Gasteiger partial charge in [-0.05, 0) is 30.7 Å². The van der Waals surface area contributed by atoms with Crippen molar-refractivity contribution >= 4 is 6.09 Å². The van der Waals surface area contributed by atoms with E-state index in [1.165, 1.54) is 0 Å². The van der Waals surface area contributed by atoms with Crippen LogP contribution in [0.25, 0.3) is 0 Å². The van der Waals surface area contributed by atoms with Crippen molar-refractivity contribution in [2.24, 2.45) is 5.92 Å². The van der Waals surface area contributed by atoms with E-state index in [4.69, 9.17) is 4.74 Å². The summed E-state index contributed by atoms with van der Waals surface area (Å²) in [5, 5.41) is 12.8. The van der Waals surface area contributed by atoms with E-state index in [1.807, 2.05) is 35.2 Å². The van der Waals surface area contributed by atoms with Gasteiger partial charge in [0.25, 0.3) is 0 Å². The van der Waals surface area contributed by atoms with Crippen LogP contribution in [-0.2, 0) is 11.3 Å². The molecule has 5 nitrogen and oxygen atoms in total. The van der Waals surface area contributed by atoms with Crippen LogP contribution >= 0.6 is 0 Å². The number of nitrogens with zero attached hydrogens (tertiary/aromatic N) is 1. The van der Waals surface area contributed by atoms with Crippen molar-refractivity contribution in [3.05, 3.63) is 35.9 Å². The number of benzene rings is 1. The summed E-state index contributed by atoms with van der Waals surface area (Å²) in [6.07, 6.45) is 2.53. The van der Waals surface area contributed by atoms with Crippen LogP contribution < -0.4 is 5.32 Å². The Morgan fingerprint density at radius 1 is 1.38 bits per heavy atom. The fraction of sp³-hybridized carbons (Fsp3) is 0.632. The number of hydrogen-bond donors (Lipinski definition) is 2. The molecule has 0 aromatic heterocycles. The van der Waals surface area contributed by atoms with Gasteiger partial charge in [0, 0.05) is 31.8 Å². The summed E-state index contributed by atoms with van der Waals surface area (Å²) >= 11 is 0. The van der Waals surface area contributed by atoms with Crippen molar-refractivity contribution in [3.8, 4) is 0 Å². The van der Waals surface area contributed by atoms with Crippen molar-refractivity contribution in [1.29, 1.82) is 0 Å². The minimum Gasteiger partial charge on any atom is -0.445 e. The molecule has 1 fully saturated rings. The summed E-state index contributed by atoms with van der Waals surface area (Å²) in [6.45, 7) is 6.14. The lowest BCUT2D eigenvalue weighted by atomic mass is 9.88. The third kappa shape index (κ3) is 5.80. The lowest BCUT2D eigenvalue weighted by Crippen LogP contribution is -2.49. The molecule has 1 heterocycles. The minimum absolute atomic E-state index is 0.166. The maximum Gasteiger partial charge on any atom is 0.410 e. The standard InChI is InChI=1S/C19H30N2O3/c1-15(2)20-18(10-12-22)17-9-6-11-21(13-17)19(23)24-14-16-7-4-3-5-8-16/h3-5,7-8,15,17-18,20,22H,6,9-14H2,1-2H3. The number of rotatable bonds is 7. The average Bonchev–Trinajstić information content (AvgIpc) is 2.60. The van der Waals surface area contributed by atoms with Gasteiger partial charge in [-0.3, -0.25) is 0 Å². The molecule has 0 aliphatic carbocycles. The highest BCUT2D eigenvalue weighted by Crippen LogP contribution is 2.22. The van der Waals surface area contributed by atoms with E-state index in [2.05, 4.69) is 19.2 Å². The van der Waals surface area contributed by atoms with E-state index in [0.717, 1.165) is 31.4 Å². The van der Waals surface area contributed by atoms with Crippen LogP contribution in [0.2, 0.25) is 0 Å². The molecule has 0 bridgehead atoms. The van der Waals surface area contributed by atoms with E-state index in [0.29, 0.717) is 25.1 Å². The lowest BCUT2D eigenvalue weighted by molar-refractivity contribution is 0.0705. The summed E-state index contributed by atoms with van der Waals surface area (Å²) in [7, 11) is 0. The van der Waals surface area contributed by atoms with Gasteiger partial charge in [-0.15, -0.1) is 0 Å². The number of piperidine rings is 1. The monoisotopic (exact) mass is 334 g/mol. The molecule has 1 aliphatic rings. The molecule has 1 amide bonds. The predicted octanol–water partition coefficient (Wildman–Crippen LogP) is 2.78.